The van der Waals surface area contributed by atoms with E-state index in [1.165, 1.54) is 11.3 Å². The summed E-state index contributed by atoms with van der Waals surface area (Å²) in [5, 5.41) is 10.6. The van der Waals surface area contributed by atoms with Gasteiger partial charge in [-0.3, -0.25) is 10.1 Å². The summed E-state index contributed by atoms with van der Waals surface area (Å²) in [5.74, 6) is -0.113. The van der Waals surface area contributed by atoms with Crippen LogP contribution in [0.4, 0.5) is 5.95 Å². The van der Waals surface area contributed by atoms with E-state index in [4.69, 9.17) is 34.8 Å². The molecule has 0 aliphatic carbocycles. The largest absolute Gasteiger partial charge is 0.289 e. The molecule has 26 heavy (non-hydrogen) atoms. The minimum atomic E-state index is -0.317. The topological polar surface area (TPSA) is 59.3 Å². The Morgan fingerprint density at radius 1 is 1.04 bits per heavy atom. The molecular weight excluding hydrogens is 415 g/mol. The van der Waals surface area contributed by atoms with Gasteiger partial charge in [-0.05, 0) is 42.5 Å². The standard InChI is InChI=1S/C17H9Cl3N4OS/c18-10-3-1-9(2-4-10)15(25)21-16-22-17-24(23-16)14(8-26-17)12-7-11(19)5-6-13(12)20/h1-8H,(H,21,23,25). The van der Waals surface area contributed by atoms with Gasteiger partial charge in [0.05, 0.1) is 10.7 Å². The normalized spacial score (nSPS) is 11.0. The van der Waals surface area contributed by atoms with E-state index in [9.17, 15) is 4.79 Å². The van der Waals surface area contributed by atoms with Crippen molar-refractivity contribution in [3.05, 3.63) is 68.5 Å². The quantitative estimate of drug-likeness (QED) is 0.462. The second-order valence-electron chi connectivity index (χ2n) is 5.34. The monoisotopic (exact) mass is 422 g/mol. The maximum Gasteiger partial charge on any atom is 0.258 e. The van der Waals surface area contributed by atoms with Crippen molar-refractivity contribution in [1.82, 2.24) is 14.6 Å². The molecule has 0 aliphatic rings. The Bertz CT molecular complexity index is 1120. The van der Waals surface area contributed by atoms with Gasteiger partial charge in [0.15, 0.2) is 0 Å². The van der Waals surface area contributed by atoms with Gasteiger partial charge >= 0.3 is 0 Å². The molecule has 1 amide bonds. The van der Waals surface area contributed by atoms with Crippen molar-refractivity contribution < 1.29 is 4.79 Å². The van der Waals surface area contributed by atoms with Crippen molar-refractivity contribution in [2.45, 2.75) is 0 Å². The summed E-state index contributed by atoms with van der Waals surface area (Å²) >= 11 is 19.6. The maximum absolute atomic E-state index is 12.3. The molecule has 0 fully saturated rings. The highest BCUT2D eigenvalue weighted by molar-refractivity contribution is 7.15. The van der Waals surface area contributed by atoms with Crippen LogP contribution in [0, 0.1) is 0 Å². The molecule has 9 heteroatoms. The lowest BCUT2D eigenvalue weighted by atomic mass is 10.2. The van der Waals surface area contributed by atoms with E-state index < -0.39 is 0 Å². The Labute approximate surface area is 167 Å². The highest BCUT2D eigenvalue weighted by Gasteiger charge is 2.16. The Kier molecular flexibility index (Phi) is 4.58. The van der Waals surface area contributed by atoms with Crippen molar-refractivity contribution in [3.63, 3.8) is 0 Å². The minimum Gasteiger partial charge on any atom is -0.289 e. The summed E-state index contributed by atoms with van der Waals surface area (Å²) < 4.78 is 1.62. The zero-order valence-electron chi connectivity index (χ0n) is 12.9. The van der Waals surface area contributed by atoms with Crippen LogP contribution in [-0.4, -0.2) is 20.5 Å². The molecule has 130 valence electrons. The molecular formula is C17H9Cl3N4OS. The average molecular weight is 424 g/mol. The third-order valence-corrected chi connectivity index (χ3v) is 5.25. The van der Waals surface area contributed by atoms with Crippen LogP contribution >= 0.6 is 46.1 Å². The molecule has 0 atom stereocenters. The van der Waals surface area contributed by atoms with Gasteiger partial charge in [-0.1, -0.05) is 34.8 Å². The first kappa shape index (κ1) is 17.3. The Morgan fingerprint density at radius 3 is 2.54 bits per heavy atom. The lowest BCUT2D eigenvalue weighted by Crippen LogP contribution is -2.13. The summed E-state index contributed by atoms with van der Waals surface area (Å²) in [7, 11) is 0. The number of nitrogens with one attached hydrogen (secondary N) is 1. The number of hydrogen-bond donors (Lipinski definition) is 1. The molecule has 0 spiro atoms. The van der Waals surface area contributed by atoms with Crippen LogP contribution in [0.2, 0.25) is 15.1 Å². The minimum absolute atomic E-state index is 0.205. The first-order chi connectivity index (χ1) is 12.5. The van der Waals surface area contributed by atoms with Crippen LogP contribution in [-0.2, 0) is 0 Å². The summed E-state index contributed by atoms with van der Waals surface area (Å²) in [6.45, 7) is 0. The predicted octanol–water partition coefficient (Wildman–Crippen LogP) is 5.67. The molecule has 0 bridgehead atoms. The summed E-state index contributed by atoms with van der Waals surface area (Å²) in [6.07, 6.45) is 0. The van der Waals surface area contributed by atoms with Crippen LogP contribution in [0.15, 0.2) is 47.8 Å². The zero-order valence-corrected chi connectivity index (χ0v) is 16.0. The molecule has 5 nitrogen and oxygen atoms in total. The third kappa shape index (κ3) is 3.29. The van der Waals surface area contributed by atoms with Crippen LogP contribution in [0.5, 0.6) is 0 Å². The highest BCUT2D eigenvalue weighted by atomic mass is 35.5. The average Bonchev–Trinajstić information content (AvgIpc) is 3.17. The molecule has 0 unspecified atom stereocenters. The van der Waals surface area contributed by atoms with Gasteiger partial charge in [-0.15, -0.1) is 16.4 Å². The smallest absolute Gasteiger partial charge is 0.258 e. The van der Waals surface area contributed by atoms with Crippen molar-refractivity contribution >= 4 is 63.0 Å². The lowest BCUT2D eigenvalue weighted by molar-refractivity contribution is 0.102. The number of carbonyl (C=O) groups excluding carboxylic acids is 1. The van der Waals surface area contributed by atoms with Crippen LogP contribution < -0.4 is 5.32 Å². The van der Waals surface area contributed by atoms with E-state index in [-0.39, 0.29) is 11.9 Å². The molecule has 2 aromatic carbocycles. The van der Waals surface area contributed by atoms with Crippen molar-refractivity contribution in [2.24, 2.45) is 0 Å². The number of anilines is 1. The second-order valence-corrected chi connectivity index (χ2v) is 7.45. The first-order valence-electron chi connectivity index (χ1n) is 7.38. The molecule has 0 aliphatic heterocycles. The molecule has 0 saturated heterocycles. The number of thiazole rings is 1. The molecule has 2 heterocycles. The number of carbonyl (C=O) groups is 1. The van der Waals surface area contributed by atoms with Gasteiger partial charge in [0, 0.05) is 26.6 Å². The highest BCUT2D eigenvalue weighted by Crippen LogP contribution is 2.33. The van der Waals surface area contributed by atoms with Crippen LogP contribution in [0.25, 0.3) is 16.2 Å². The Morgan fingerprint density at radius 2 is 1.77 bits per heavy atom. The number of aromatic nitrogens is 3. The van der Waals surface area contributed by atoms with Gasteiger partial charge in [0.1, 0.15) is 0 Å². The number of halogens is 3. The van der Waals surface area contributed by atoms with Crippen LogP contribution in [0.3, 0.4) is 0 Å². The van der Waals surface area contributed by atoms with Gasteiger partial charge in [-0.25, -0.2) is 4.52 Å². The van der Waals surface area contributed by atoms with Crippen molar-refractivity contribution in [1.29, 1.82) is 0 Å². The number of amides is 1. The fraction of sp³-hybridized carbons (Fsp3) is 0. The zero-order chi connectivity index (χ0) is 18.3. The summed E-state index contributed by atoms with van der Waals surface area (Å²) in [6, 6.07) is 11.8. The molecule has 1 N–H and O–H groups in total. The maximum atomic E-state index is 12.3. The molecule has 0 radical (unpaired) electrons. The van der Waals surface area contributed by atoms with E-state index in [2.05, 4.69) is 15.4 Å². The number of nitrogens with zero attached hydrogens (tertiary/aromatic N) is 3. The Balaban J connectivity index is 1.67. The van der Waals surface area contributed by atoms with Gasteiger partial charge in [-0.2, -0.15) is 4.98 Å². The molecule has 4 rings (SSSR count). The molecule has 2 aromatic heterocycles. The third-order valence-electron chi connectivity index (χ3n) is 3.62. The van der Waals surface area contributed by atoms with Gasteiger partial charge in [0.25, 0.3) is 11.9 Å². The first-order valence-corrected chi connectivity index (χ1v) is 9.39. The molecule has 0 saturated carbocycles. The predicted molar refractivity (Wildman–Crippen MR) is 106 cm³/mol. The van der Waals surface area contributed by atoms with Crippen LogP contribution in [0.1, 0.15) is 10.4 Å². The summed E-state index contributed by atoms with van der Waals surface area (Å²) in [5.41, 5.74) is 1.95. The fourth-order valence-corrected chi connectivity index (χ4v) is 3.72. The second kappa shape index (κ2) is 6.89. The van der Waals surface area contributed by atoms with Crippen molar-refractivity contribution in [3.8, 4) is 11.3 Å². The van der Waals surface area contributed by atoms with Crippen molar-refractivity contribution in [2.75, 3.05) is 5.32 Å². The van der Waals surface area contributed by atoms with E-state index in [1.807, 2.05) is 5.38 Å². The van der Waals surface area contributed by atoms with E-state index in [0.29, 0.717) is 25.6 Å². The van der Waals surface area contributed by atoms with E-state index in [0.717, 1.165) is 11.3 Å². The number of benzene rings is 2. The number of rotatable bonds is 3. The fourth-order valence-electron chi connectivity index (χ4n) is 2.39. The van der Waals surface area contributed by atoms with E-state index in [1.54, 1.807) is 47.0 Å². The van der Waals surface area contributed by atoms with Gasteiger partial charge in [0.2, 0.25) is 4.96 Å². The van der Waals surface area contributed by atoms with E-state index >= 15 is 0 Å². The van der Waals surface area contributed by atoms with Gasteiger partial charge < -0.3 is 0 Å². The summed E-state index contributed by atoms with van der Waals surface area (Å²) in [4.78, 5) is 17.3. The Hall–Kier alpha value is -2.12. The lowest BCUT2D eigenvalue weighted by Gasteiger charge is -2.03. The SMILES string of the molecule is O=C(Nc1nc2scc(-c3cc(Cl)ccc3Cl)n2n1)c1ccc(Cl)cc1. The number of hydrogen-bond acceptors (Lipinski definition) is 4. The molecule has 4 aromatic rings. The number of fused-ring (bicyclic) bond motifs is 1.